The summed E-state index contributed by atoms with van der Waals surface area (Å²) in [7, 11) is 0. The molecule has 0 aliphatic heterocycles. The predicted molar refractivity (Wildman–Crippen MR) is 98.7 cm³/mol. The van der Waals surface area contributed by atoms with E-state index >= 15 is 0 Å². The van der Waals surface area contributed by atoms with E-state index in [0.29, 0.717) is 5.82 Å². The zero-order valence-corrected chi connectivity index (χ0v) is 15.2. The van der Waals surface area contributed by atoms with Gasteiger partial charge in [0.2, 0.25) is 5.82 Å². The summed E-state index contributed by atoms with van der Waals surface area (Å²) in [5, 5.41) is 15.8. The average Bonchev–Trinajstić information content (AvgIpc) is 3.06. The van der Waals surface area contributed by atoms with Crippen molar-refractivity contribution in [3.05, 3.63) is 64.4 Å². The molecule has 2 N–H and O–H groups in total. The predicted octanol–water partition coefficient (Wildman–Crippen LogP) is 2.73. The number of carbonyl (C=O) groups is 1. The molecule has 0 radical (unpaired) electrons. The van der Waals surface area contributed by atoms with Crippen LogP contribution < -0.4 is 5.32 Å². The summed E-state index contributed by atoms with van der Waals surface area (Å²) >= 11 is 3.41. The molecule has 0 atom stereocenters. The van der Waals surface area contributed by atoms with Crippen molar-refractivity contribution < 1.29 is 9.90 Å². The molecule has 0 saturated carbocycles. The summed E-state index contributed by atoms with van der Waals surface area (Å²) in [6.45, 7) is 2.03. The van der Waals surface area contributed by atoms with Gasteiger partial charge < -0.3 is 10.4 Å². The number of aromatic nitrogens is 3. The van der Waals surface area contributed by atoms with Crippen molar-refractivity contribution in [3.8, 4) is 17.1 Å². The number of nitrogens with zero attached hydrogens (tertiary/aromatic N) is 3. The summed E-state index contributed by atoms with van der Waals surface area (Å²) in [5.74, 6) is 0.224. The minimum atomic E-state index is -0.418. The van der Waals surface area contributed by atoms with Crippen LogP contribution in [0.3, 0.4) is 0 Å². The molecule has 128 valence electrons. The molecule has 1 heterocycles. The number of amides is 1. The second-order valence-corrected chi connectivity index (χ2v) is 6.41. The number of aliphatic hydroxyl groups is 1. The average molecular weight is 401 g/mol. The van der Waals surface area contributed by atoms with E-state index in [1.54, 1.807) is 4.68 Å². The first-order valence-corrected chi connectivity index (χ1v) is 8.57. The normalized spacial score (nSPS) is 10.7. The monoisotopic (exact) mass is 400 g/mol. The van der Waals surface area contributed by atoms with Gasteiger partial charge in [-0.3, -0.25) is 4.79 Å². The zero-order chi connectivity index (χ0) is 17.8. The molecule has 0 aliphatic carbocycles. The van der Waals surface area contributed by atoms with Crippen LogP contribution in [0, 0.1) is 6.92 Å². The van der Waals surface area contributed by atoms with Gasteiger partial charge in [0.15, 0.2) is 5.82 Å². The molecule has 0 unspecified atom stereocenters. The molecule has 0 fully saturated rings. The summed E-state index contributed by atoms with van der Waals surface area (Å²) in [4.78, 5) is 16.6. The first-order chi connectivity index (χ1) is 12.1. The van der Waals surface area contributed by atoms with E-state index in [1.165, 1.54) is 0 Å². The van der Waals surface area contributed by atoms with Gasteiger partial charge in [-0.25, -0.2) is 9.67 Å². The van der Waals surface area contributed by atoms with Crippen molar-refractivity contribution in [3.63, 3.8) is 0 Å². The second-order valence-electron chi connectivity index (χ2n) is 5.49. The van der Waals surface area contributed by atoms with Crippen LogP contribution >= 0.6 is 15.9 Å². The van der Waals surface area contributed by atoms with E-state index in [2.05, 4.69) is 31.3 Å². The third-order valence-electron chi connectivity index (χ3n) is 3.59. The molecule has 1 aromatic heterocycles. The van der Waals surface area contributed by atoms with Crippen molar-refractivity contribution in [2.24, 2.45) is 0 Å². The lowest BCUT2D eigenvalue weighted by Gasteiger charge is -2.06. The Labute approximate surface area is 153 Å². The fraction of sp³-hybridized carbons (Fsp3) is 0.167. The first-order valence-electron chi connectivity index (χ1n) is 7.77. The van der Waals surface area contributed by atoms with Crippen molar-refractivity contribution in [2.75, 3.05) is 13.2 Å². The number of benzene rings is 2. The molecular formula is C18H17BrN4O2. The Morgan fingerprint density at radius 3 is 2.48 bits per heavy atom. The maximum Gasteiger partial charge on any atom is 0.291 e. The SMILES string of the molecule is Cc1ccc(-c2nc(C(=O)NCCO)nn2-c2ccc(Br)cc2)cc1. The highest BCUT2D eigenvalue weighted by atomic mass is 79.9. The largest absolute Gasteiger partial charge is 0.395 e. The van der Waals surface area contributed by atoms with Gasteiger partial charge >= 0.3 is 0 Å². The highest BCUT2D eigenvalue weighted by Gasteiger charge is 2.18. The van der Waals surface area contributed by atoms with Crippen LogP contribution in [0.25, 0.3) is 17.1 Å². The molecule has 3 rings (SSSR count). The topological polar surface area (TPSA) is 80.0 Å². The molecule has 0 bridgehead atoms. The molecule has 0 spiro atoms. The molecule has 0 aliphatic rings. The van der Waals surface area contributed by atoms with Gasteiger partial charge in [0.05, 0.1) is 12.3 Å². The van der Waals surface area contributed by atoms with E-state index in [4.69, 9.17) is 5.11 Å². The number of nitrogens with one attached hydrogen (secondary N) is 1. The number of rotatable bonds is 5. The lowest BCUT2D eigenvalue weighted by atomic mass is 10.1. The third kappa shape index (κ3) is 3.94. The second kappa shape index (κ2) is 7.58. The summed E-state index contributed by atoms with van der Waals surface area (Å²) in [6, 6.07) is 15.5. The Balaban J connectivity index is 2.07. The summed E-state index contributed by atoms with van der Waals surface area (Å²) in [5.41, 5.74) is 2.80. The number of carbonyl (C=O) groups excluding carboxylic acids is 1. The number of halogens is 1. The van der Waals surface area contributed by atoms with Crippen LogP contribution in [-0.2, 0) is 0 Å². The molecule has 2 aromatic carbocycles. The van der Waals surface area contributed by atoms with Crippen molar-refractivity contribution in [2.45, 2.75) is 6.92 Å². The first kappa shape index (κ1) is 17.3. The van der Waals surface area contributed by atoms with E-state index in [1.807, 2.05) is 55.5 Å². The number of hydrogen-bond donors (Lipinski definition) is 2. The van der Waals surface area contributed by atoms with Crippen molar-refractivity contribution >= 4 is 21.8 Å². The van der Waals surface area contributed by atoms with Crippen LogP contribution in [0.4, 0.5) is 0 Å². The van der Waals surface area contributed by atoms with Crippen LogP contribution in [0.5, 0.6) is 0 Å². The highest BCUT2D eigenvalue weighted by molar-refractivity contribution is 9.10. The minimum Gasteiger partial charge on any atom is -0.395 e. The van der Waals surface area contributed by atoms with Crippen molar-refractivity contribution in [1.82, 2.24) is 20.1 Å². The molecular weight excluding hydrogens is 384 g/mol. The third-order valence-corrected chi connectivity index (χ3v) is 4.12. The van der Waals surface area contributed by atoms with Gasteiger partial charge in [-0.1, -0.05) is 45.8 Å². The molecule has 7 heteroatoms. The Morgan fingerprint density at radius 2 is 1.84 bits per heavy atom. The van der Waals surface area contributed by atoms with Gasteiger partial charge in [0.25, 0.3) is 5.91 Å². The standard InChI is InChI=1S/C18H17BrN4O2/c1-12-2-4-13(5-3-12)17-21-16(18(25)20-10-11-24)22-23(17)15-8-6-14(19)7-9-15/h2-9,24H,10-11H2,1H3,(H,20,25). The molecule has 0 saturated heterocycles. The van der Waals surface area contributed by atoms with E-state index in [0.717, 1.165) is 21.3 Å². The van der Waals surface area contributed by atoms with Gasteiger partial charge in [-0.15, -0.1) is 5.10 Å². The quantitative estimate of drug-likeness (QED) is 0.689. The van der Waals surface area contributed by atoms with E-state index in [-0.39, 0.29) is 19.0 Å². The molecule has 6 nitrogen and oxygen atoms in total. The maximum absolute atomic E-state index is 12.2. The van der Waals surface area contributed by atoms with Gasteiger partial charge in [0, 0.05) is 16.6 Å². The lowest BCUT2D eigenvalue weighted by molar-refractivity contribution is 0.0934. The van der Waals surface area contributed by atoms with Gasteiger partial charge in [-0.2, -0.15) is 0 Å². The van der Waals surface area contributed by atoms with Gasteiger partial charge in [-0.05, 0) is 31.2 Å². The van der Waals surface area contributed by atoms with Crippen LogP contribution in [0.15, 0.2) is 53.0 Å². The van der Waals surface area contributed by atoms with E-state index < -0.39 is 5.91 Å². The zero-order valence-electron chi connectivity index (χ0n) is 13.6. The number of aryl methyl sites for hydroxylation is 1. The number of aliphatic hydroxyl groups excluding tert-OH is 1. The highest BCUT2D eigenvalue weighted by Crippen LogP contribution is 2.23. The molecule has 25 heavy (non-hydrogen) atoms. The smallest absolute Gasteiger partial charge is 0.291 e. The Kier molecular flexibility index (Phi) is 5.25. The maximum atomic E-state index is 12.2. The number of hydrogen-bond acceptors (Lipinski definition) is 4. The van der Waals surface area contributed by atoms with Crippen LogP contribution in [0.1, 0.15) is 16.2 Å². The van der Waals surface area contributed by atoms with E-state index in [9.17, 15) is 4.79 Å². The summed E-state index contributed by atoms with van der Waals surface area (Å²) < 4.78 is 2.60. The fourth-order valence-electron chi connectivity index (χ4n) is 2.31. The fourth-order valence-corrected chi connectivity index (χ4v) is 2.57. The van der Waals surface area contributed by atoms with Gasteiger partial charge in [0.1, 0.15) is 0 Å². The van der Waals surface area contributed by atoms with Crippen LogP contribution in [0.2, 0.25) is 0 Å². The van der Waals surface area contributed by atoms with Crippen LogP contribution in [-0.4, -0.2) is 38.9 Å². The minimum absolute atomic E-state index is 0.0620. The Bertz CT molecular complexity index is 810. The molecule has 3 aromatic rings. The Morgan fingerprint density at radius 1 is 1.16 bits per heavy atom. The Hall–Kier alpha value is -2.51. The lowest BCUT2D eigenvalue weighted by Crippen LogP contribution is -2.27. The van der Waals surface area contributed by atoms with Crippen molar-refractivity contribution in [1.29, 1.82) is 0 Å². The molecule has 1 amide bonds. The summed E-state index contributed by atoms with van der Waals surface area (Å²) in [6.07, 6.45) is 0.